The van der Waals surface area contributed by atoms with Crippen LogP contribution in [0.5, 0.6) is 0 Å². The van der Waals surface area contributed by atoms with Crippen molar-refractivity contribution in [3.05, 3.63) is 56.4 Å². The van der Waals surface area contributed by atoms with Crippen LogP contribution in [-0.4, -0.2) is 5.91 Å². The number of hydrogen-bond acceptors (Lipinski definition) is 3. The van der Waals surface area contributed by atoms with Crippen molar-refractivity contribution < 1.29 is 4.79 Å². The summed E-state index contributed by atoms with van der Waals surface area (Å²) in [6, 6.07) is 10.0. The van der Waals surface area contributed by atoms with Gasteiger partial charge in [-0.1, -0.05) is 41.4 Å². The van der Waals surface area contributed by atoms with E-state index in [1.807, 2.05) is 24.3 Å². The number of anilines is 1. The van der Waals surface area contributed by atoms with Crippen molar-refractivity contribution in [3.63, 3.8) is 0 Å². The van der Waals surface area contributed by atoms with E-state index in [1.54, 1.807) is 17.4 Å². The van der Waals surface area contributed by atoms with Crippen LogP contribution in [0.1, 0.15) is 41.3 Å². The first kappa shape index (κ1) is 17.9. The molecule has 3 nitrogen and oxygen atoms in total. The molecule has 1 atom stereocenters. The summed E-state index contributed by atoms with van der Waals surface area (Å²) in [6.45, 7) is 2.21. The number of hydrogen-bond donors (Lipinski definition) is 1. The van der Waals surface area contributed by atoms with Crippen molar-refractivity contribution in [2.75, 3.05) is 5.32 Å². The lowest BCUT2D eigenvalue weighted by atomic mass is 9.86. The van der Waals surface area contributed by atoms with Crippen molar-refractivity contribution in [1.29, 1.82) is 5.26 Å². The number of fused-ring (bicyclic) bond motifs is 1. The molecule has 1 amide bonds. The Morgan fingerprint density at radius 2 is 2.20 bits per heavy atom. The number of carbonyl (C=O) groups is 1. The zero-order valence-corrected chi connectivity index (χ0v) is 16.4. The summed E-state index contributed by atoms with van der Waals surface area (Å²) in [6.07, 6.45) is 7.54. The molecule has 0 bridgehead atoms. The number of nitrogens with zero attached hydrogens (tertiary/aromatic N) is 1. The minimum absolute atomic E-state index is 0.204. The molecular formula is C20H19BrN2OS. The first-order valence-electron chi connectivity index (χ1n) is 8.40. The number of nitrogens with one attached hydrogen (secondary N) is 1. The third-order valence-electron chi connectivity index (χ3n) is 4.59. The zero-order valence-electron chi connectivity index (χ0n) is 14.0. The van der Waals surface area contributed by atoms with E-state index in [2.05, 4.69) is 34.2 Å². The van der Waals surface area contributed by atoms with Gasteiger partial charge in [0.25, 0.3) is 0 Å². The van der Waals surface area contributed by atoms with Gasteiger partial charge in [-0.3, -0.25) is 4.79 Å². The molecule has 128 valence electrons. The number of rotatable bonds is 4. The maximum Gasteiger partial charge on any atom is 0.249 e. The van der Waals surface area contributed by atoms with Crippen molar-refractivity contribution in [3.8, 4) is 6.07 Å². The second kappa shape index (κ2) is 7.99. The predicted octanol–water partition coefficient (Wildman–Crippen LogP) is 5.55. The van der Waals surface area contributed by atoms with E-state index in [0.29, 0.717) is 16.5 Å². The van der Waals surface area contributed by atoms with Crippen molar-refractivity contribution in [1.82, 2.24) is 0 Å². The van der Waals surface area contributed by atoms with Crippen LogP contribution in [0.3, 0.4) is 0 Å². The van der Waals surface area contributed by atoms with E-state index in [0.717, 1.165) is 41.3 Å². The molecule has 2 aromatic rings. The highest BCUT2D eigenvalue weighted by Gasteiger charge is 2.25. The third kappa shape index (κ3) is 4.20. The molecule has 0 spiro atoms. The number of nitriles is 1. The normalized spacial score (nSPS) is 16.4. The number of amides is 1. The van der Waals surface area contributed by atoms with Gasteiger partial charge in [0.2, 0.25) is 5.91 Å². The lowest BCUT2D eigenvalue weighted by molar-refractivity contribution is -0.111. The Kier molecular flexibility index (Phi) is 5.72. The first-order valence-corrected chi connectivity index (χ1v) is 10.0. The topological polar surface area (TPSA) is 52.9 Å². The van der Waals surface area contributed by atoms with Gasteiger partial charge < -0.3 is 5.32 Å². The van der Waals surface area contributed by atoms with E-state index in [9.17, 15) is 10.1 Å². The summed E-state index contributed by atoms with van der Waals surface area (Å²) in [4.78, 5) is 13.5. The Labute approximate surface area is 160 Å². The van der Waals surface area contributed by atoms with Gasteiger partial charge in [0, 0.05) is 15.4 Å². The summed E-state index contributed by atoms with van der Waals surface area (Å²) >= 11 is 4.95. The molecule has 1 N–H and O–H groups in total. The van der Waals surface area contributed by atoms with Crippen LogP contribution in [-0.2, 0) is 17.6 Å². The Hall–Kier alpha value is -1.90. The number of halogens is 1. The maximum atomic E-state index is 12.2. The Morgan fingerprint density at radius 1 is 1.44 bits per heavy atom. The average molecular weight is 415 g/mol. The van der Waals surface area contributed by atoms with E-state index in [1.165, 1.54) is 11.0 Å². The minimum atomic E-state index is -0.204. The van der Waals surface area contributed by atoms with Crippen LogP contribution in [0.2, 0.25) is 0 Å². The predicted molar refractivity (Wildman–Crippen MR) is 107 cm³/mol. The average Bonchev–Trinajstić information content (AvgIpc) is 2.97. The molecule has 3 rings (SSSR count). The van der Waals surface area contributed by atoms with Gasteiger partial charge in [0.1, 0.15) is 11.1 Å². The van der Waals surface area contributed by atoms with Gasteiger partial charge in [0.15, 0.2) is 0 Å². The highest BCUT2D eigenvalue weighted by molar-refractivity contribution is 9.10. The largest absolute Gasteiger partial charge is 0.313 e. The third-order valence-corrected chi connectivity index (χ3v) is 6.29. The smallest absolute Gasteiger partial charge is 0.249 e. The van der Waals surface area contributed by atoms with E-state index >= 15 is 0 Å². The molecule has 0 radical (unpaired) electrons. The SMILES string of the molecule is CCC1CCc2c(sc(NC(=O)C=Cc3ccc(Br)cc3)c2C#N)C1. The van der Waals surface area contributed by atoms with Gasteiger partial charge in [0.05, 0.1) is 5.56 Å². The minimum Gasteiger partial charge on any atom is -0.313 e. The second-order valence-corrected chi connectivity index (χ2v) is 8.23. The molecule has 1 aromatic carbocycles. The van der Waals surface area contributed by atoms with Gasteiger partial charge in [-0.25, -0.2) is 0 Å². The molecule has 1 unspecified atom stereocenters. The molecule has 1 aromatic heterocycles. The van der Waals surface area contributed by atoms with Gasteiger partial charge in [-0.2, -0.15) is 5.26 Å². The summed E-state index contributed by atoms with van der Waals surface area (Å²) in [5.74, 6) is 0.489. The number of benzene rings is 1. The van der Waals surface area contributed by atoms with Crippen LogP contribution in [0, 0.1) is 17.2 Å². The highest BCUT2D eigenvalue weighted by atomic mass is 79.9. The fourth-order valence-corrected chi connectivity index (χ4v) is 4.69. The summed E-state index contributed by atoms with van der Waals surface area (Å²) < 4.78 is 1.00. The van der Waals surface area contributed by atoms with E-state index in [-0.39, 0.29) is 5.91 Å². The Balaban J connectivity index is 1.74. The molecule has 1 aliphatic carbocycles. The lowest BCUT2D eigenvalue weighted by Crippen LogP contribution is -2.12. The first-order chi connectivity index (χ1) is 12.1. The van der Waals surface area contributed by atoms with Crippen LogP contribution in [0.15, 0.2) is 34.8 Å². The number of thiophene rings is 1. The Morgan fingerprint density at radius 3 is 2.88 bits per heavy atom. The van der Waals surface area contributed by atoms with Crippen molar-refractivity contribution in [2.45, 2.75) is 32.6 Å². The molecule has 0 saturated heterocycles. The number of carbonyl (C=O) groups excluding carboxylic acids is 1. The summed E-state index contributed by atoms with van der Waals surface area (Å²) in [5.41, 5.74) is 2.75. The molecule has 1 aliphatic rings. The fourth-order valence-electron chi connectivity index (χ4n) is 3.11. The van der Waals surface area contributed by atoms with Crippen LogP contribution in [0.25, 0.3) is 6.08 Å². The van der Waals surface area contributed by atoms with Crippen molar-refractivity contribution in [2.24, 2.45) is 5.92 Å². The standard InChI is InChI=1S/C20H19BrN2OS/c1-2-13-5-9-16-17(12-22)20(25-18(16)11-13)23-19(24)10-6-14-3-7-15(21)8-4-14/h3-4,6-8,10,13H,2,5,9,11H2,1H3,(H,23,24). The van der Waals surface area contributed by atoms with E-state index in [4.69, 9.17) is 0 Å². The molecule has 25 heavy (non-hydrogen) atoms. The molecule has 0 fully saturated rings. The van der Waals surface area contributed by atoms with Crippen LogP contribution in [0.4, 0.5) is 5.00 Å². The van der Waals surface area contributed by atoms with Crippen molar-refractivity contribution >= 4 is 44.3 Å². The Bertz CT molecular complexity index is 846. The highest BCUT2D eigenvalue weighted by Crippen LogP contribution is 2.39. The molecule has 0 aliphatic heterocycles. The van der Waals surface area contributed by atoms with E-state index < -0.39 is 0 Å². The van der Waals surface area contributed by atoms with Crippen LogP contribution < -0.4 is 5.32 Å². The molecule has 1 heterocycles. The molecule has 0 saturated carbocycles. The zero-order chi connectivity index (χ0) is 17.8. The quantitative estimate of drug-likeness (QED) is 0.666. The monoisotopic (exact) mass is 414 g/mol. The summed E-state index contributed by atoms with van der Waals surface area (Å²) in [5, 5.41) is 13.1. The maximum absolute atomic E-state index is 12.2. The molecular weight excluding hydrogens is 396 g/mol. The summed E-state index contributed by atoms with van der Waals surface area (Å²) in [7, 11) is 0. The second-order valence-electron chi connectivity index (χ2n) is 6.21. The molecule has 5 heteroatoms. The van der Waals surface area contributed by atoms with Gasteiger partial charge in [-0.15, -0.1) is 11.3 Å². The fraction of sp³-hybridized carbons (Fsp3) is 0.300. The van der Waals surface area contributed by atoms with Gasteiger partial charge in [-0.05, 0) is 54.5 Å². The van der Waals surface area contributed by atoms with Crippen LogP contribution >= 0.6 is 27.3 Å². The van der Waals surface area contributed by atoms with Gasteiger partial charge >= 0.3 is 0 Å². The lowest BCUT2D eigenvalue weighted by Gasteiger charge is -2.20.